The lowest BCUT2D eigenvalue weighted by Crippen LogP contribution is -2.28. The number of benzene rings is 1. The minimum atomic E-state index is -0.821. The molecule has 2 atom stereocenters. The molecular formula is C12H16FNO2. The predicted molar refractivity (Wildman–Crippen MR) is 59.6 cm³/mol. The summed E-state index contributed by atoms with van der Waals surface area (Å²) in [5, 5.41) is 11.8. The Labute approximate surface area is 94.3 Å². The summed E-state index contributed by atoms with van der Waals surface area (Å²) < 4.78 is 12.7. The molecule has 0 aliphatic rings. The molecule has 3 nitrogen and oxygen atoms in total. The van der Waals surface area contributed by atoms with E-state index in [-0.39, 0.29) is 11.9 Å². The van der Waals surface area contributed by atoms with Crippen LogP contribution in [0.5, 0.6) is 0 Å². The highest BCUT2D eigenvalue weighted by Crippen LogP contribution is 2.13. The molecule has 1 aromatic carbocycles. The molecule has 2 N–H and O–H groups in total. The van der Waals surface area contributed by atoms with E-state index in [0.717, 1.165) is 5.56 Å². The molecule has 1 aromatic rings. The summed E-state index contributed by atoms with van der Waals surface area (Å²) in [5.74, 6) is -1.52. The topological polar surface area (TPSA) is 49.3 Å². The van der Waals surface area contributed by atoms with E-state index >= 15 is 0 Å². The van der Waals surface area contributed by atoms with Crippen molar-refractivity contribution in [2.45, 2.75) is 19.9 Å². The molecule has 0 saturated heterocycles. The van der Waals surface area contributed by atoms with Crippen molar-refractivity contribution in [1.82, 2.24) is 5.32 Å². The van der Waals surface area contributed by atoms with Crippen LogP contribution in [0.4, 0.5) is 4.39 Å². The summed E-state index contributed by atoms with van der Waals surface area (Å²) in [7, 11) is 0. The number of halogens is 1. The van der Waals surface area contributed by atoms with E-state index in [1.54, 1.807) is 19.1 Å². The van der Waals surface area contributed by atoms with Crippen LogP contribution >= 0.6 is 0 Å². The number of carbonyl (C=O) groups is 1. The second kappa shape index (κ2) is 5.61. The molecule has 0 amide bonds. The molecular weight excluding hydrogens is 209 g/mol. The minimum absolute atomic E-state index is 0.0161. The first kappa shape index (κ1) is 12.6. The normalized spacial score (nSPS) is 14.4. The number of hydrogen-bond donors (Lipinski definition) is 2. The summed E-state index contributed by atoms with van der Waals surface area (Å²) in [6, 6.07) is 6.20. The smallest absolute Gasteiger partial charge is 0.307 e. The van der Waals surface area contributed by atoms with Gasteiger partial charge in [0.25, 0.3) is 0 Å². The number of aliphatic carboxylic acids is 1. The van der Waals surface area contributed by atoms with Crippen molar-refractivity contribution in [2.24, 2.45) is 5.92 Å². The first-order chi connectivity index (χ1) is 7.50. The van der Waals surface area contributed by atoms with Gasteiger partial charge in [0, 0.05) is 12.6 Å². The van der Waals surface area contributed by atoms with Crippen molar-refractivity contribution in [1.29, 1.82) is 0 Å². The van der Waals surface area contributed by atoms with E-state index in [9.17, 15) is 9.18 Å². The minimum Gasteiger partial charge on any atom is -0.481 e. The zero-order valence-corrected chi connectivity index (χ0v) is 9.40. The average Bonchev–Trinajstić information content (AvgIpc) is 2.26. The van der Waals surface area contributed by atoms with Gasteiger partial charge in [-0.1, -0.05) is 19.1 Å². The van der Waals surface area contributed by atoms with Crippen molar-refractivity contribution in [3.63, 3.8) is 0 Å². The molecule has 0 saturated carbocycles. The van der Waals surface area contributed by atoms with Gasteiger partial charge in [-0.3, -0.25) is 4.79 Å². The summed E-state index contributed by atoms with van der Waals surface area (Å²) in [5.41, 5.74) is 0.944. The van der Waals surface area contributed by atoms with Crippen LogP contribution in [-0.4, -0.2) is 17.6 Å². The maximum atomic E-state index is 12.7. The van der Waals surface area contributed by atoms with E-state index in [1.165, 1.54) is 12.1 Å². The van der Waals surface area contributed by atoms with E-state index in [2.05, 4.69) is 5.32 Å². The fraction of sp³-hybridized carbons (Fsp3) is 0.417. The van der Waals surface area contributed by atoms with Crippen LogP contribution in [0.2, 0.25) is 0 Å². The van der Waals surface area contributed by atoms with Crippen LogP contribution in [0.15, 0.2) is 24.3 Å². The van der Waals surface area contributed by atoms with Gasteiger partial charge in [-0.2, -0.15) is 0 Å². The fourth-order valence-corrected chi connectivity index (χ4v) is 1.31. The van der Waals surface area contributed by atoms with Crippen molar-refractivity contribution in [3.8, 4) is 0 Å². The summed E-state index contributed by atoms with van der Waals surface area (Å²) in [6.45, 7) is 3.96. The molecule has 0 bridgehead atoms. The van der Waals surface area contributed by atoms with E-state index in [4.69, 9.17) is 5.11 Å². The Morgan fingerprint density at radius 2 is 1.94 bits per heavy atom. The van der Waals surface area contributed by atoms with Crippen molar-refractivity contribution >= 4 is 5.97 Å². The molecule has 1 rings (SSSR count). The van der Waals surface area contributed by atoms with E-state index < -0.39 is 11.9 Å². The Morgan fingerprint density at radius 1 is 1.38 bits per heavy atom. The van der Waals surface area contributed by atoms with Crippen LogP contribution < -0.4 is 5.32 Å². The summed E-state index contributed by atoms with van der Waals surface area (Å²) in [6.07, 6.45) is 0. The molecule has 0 aliphatic heterocycles. The third kappa shape index (κ3) is 3.62. The average molecular weight is 225 g/mol. The standard InChI is InChI=1S/C12H16FNO2/c1-8(12(15)16)7-14-9(2)10-3-5-11(13)6-4-10/h3-6,8-9,14H,7H2,1-2H3,(H,15,16)/t8?,9-/m1/s1. The Kier molecular flexibility index (Phi) is 4.43. The largest absolute Gasteiger partial charge is 0.481 e. The second-order valence-corrected chi connectivity index (χ2v) is 3.92. The van der Waals surface area contributed by atoms with Gasteiger partial charge >= 0.3 is 5.97 Å². The van der Waals surface area contributed by atoms with Crippen LogP contribution in [0.3, 0.4) is 0 Å². The third-order valence-corrected chi connectivity index (χ3v) is 2.52. The van der Waals surface area contributed by atoms with Crippen molar-refractivity contribution < 1.29 is 14.3 Å². The summed E-state index contributed by atoms with van der Waals surface area (Å²) in [4.78, 5) is 10.6. The maximum Gasteiger partial charge on any atom is 0.307 e. The third-order valence-electron chi connectivity index (χ3n) is 2.52. The highest BCUT2D eigenvalue weighted by molar-refractivity contribution is 5.69. The molecule has 88 valence electrons. The molecule has 16 heavy (non-hydrogen) atoms. The lowest BCUT2D eigenvalue weighted by atomic mass is 10.1. The zero-order chi connectivity index (χ0) is 12.1. The first-order valence-corrected chi connectivity index (χ1v) is 5.22. The Balaban J connectivity index is 2.49. The van der Waals surface area contributed by atoms with Gasteiger partial charge < -0.3 is 10.4 Å². The lowest BCUT2D eigenvalue weighted by molar-refractivity contribution is -0.140. The highest BCUT2D eigenvalue weighted by atomic mass is 19.1. The number of carboxylic acid groups (broad SMARTS) is 1. The molecule has 4 heteroatoms. The Hall–Kier alpha value is -1.42. The molecule has 0 aromatic heterocycles. The van der Waals surface area contributed by atoms with Crippen molar-refractivity contribution in [2.75, 3.05) is 6.54 Å². The highest BCUT2D eigenvalue weighted by Gasteiger charge is 2.12. The monoisotopic (exact) mass is 225 g/mol. The quantitative estimate of drug-likeness (QED) is 0.807. The van der Waals surface area contributed by atoms with Gasteiger partial charge in [-0.15, -0.1) is 0 Å². The van der Waals surface area contributed by atoms with Gasteiger partial charge in [0.05, 0.1) is 5.92 Å². The predicted octanol–water partition coefficient (Wildman–Crippen LogP) is 2.20. The first-order valence-electron chi connectivity index (χ1n) is 5.22. The second-order valence-electron chi connectivity index (χ2n) is 3.92. The SMILES string of the molecule is CC(CN[C@H](C)c1ccc(F)cc1)C(=O)O. The number of rotatable bonds is 5. The molecule has 0 radical (unpaired) electrons. The number of hydrogen-bond acceptors (Lipinski definition) is 2. The van der Waals surface area contributed by atoms with Gasteiger partial charge in [-0.25, -0.2) is 4.39 Å². The number of carboxylic acids is 1. The molecule has 0 heterocycles. The Morgan fingerprint density at radius 3 is 2.44 bits per heavy atom. The fourth-order valence-electron chi connectivity index (χ4n) is 1.31. The van der Waals surface area contributed by atoms with Gasteiger partial charge in [0.15, 0.2) is 0 Å². The maximum absolute atomic E-state index is 12.7. The van der Waals surface area contributed by atoms with Gasteiger partial charge in [0.1, 0.15) is 5.82 Å². The Bertz CT molecular complexity index is 351. The number of nitrogens with one attached hydrogen (secondary N) is 1. The van der Waals surface area contributed by atoms with Gasteiger partial charge in [-0.05, 0) is 24.6 Å². The van der Waals surface area contributed by atoms with Crippen LogP contribution in [0, 0.1) is 11.7 Å². The molecule has 0 aliphatic carbocycles. The van der Waals surface area contributed by atoms with Crippen LogP contribution in [-0.2, 0) is 4.79 Å². The van der Waals surface area contributed by atoms with Crippen LogP contribution in [0.25, 0.3) is 0 Å². The van der Waals surface area contributed by atoms with Crippen molar-refractivity contribution in [3.05, 3.63) is 35.6 Å². The van der Waals surface area contributed by atoms with Crippen LogP contribution in [0.1, 0.15) is 25.5 Å². The molecule has 0 fully saturated rings. The van der Waals surface area contributed by atoms with Gasteiger partial charge in [0.2, 0.25) is 0 Å². The molecule has 1 unspecified atom stereocenters. The summed E-state index contributed by atoms with van der Waals surface area (Å²) >= 11 is 0. The zero-order valence-electron chi connectivity index (χ0n) is 9.40. The van der Waals surface area contributed by atoms with E-state index in [1.807, 2.05) is 6.92 Å². The lowest BCUT2D eigenvalue weighted by Gasteiger charge is -2.15. The van der Waals surface area contributed by atoms with E-state index in [0.29, 0.717) is 6.54 Å². The molecule has 0 spiro atoms.